The fourth-order valence-corrected chi connectivity index (χ4v) is 2.60. The van der Waals surface area contributed by atoms with Crippen molar-refractivity contribution in [3.05, 3.63) is 69.3 Å². The molecule has 0 unspecified atom stereocenters. The second-order valence-electron chi connectivity index (χ2n) is 4.67. The van der Waals surface area contributed by atoms with Crippen LogP contribution in [0.3, 0.4) is 0 Å². The first-order chi connectivity index (χ1) is 10.5. The average Bonchev–Trinajstić information content (AvgIpc) is 2.50. The Hall–Kier alpha value is -1.78. The Balaban J connectivity index is 2.11. The highest BCUT2D eigenvalue weighted by molar-refractivity contribution is 9.10. The molecule has 0 fully saturated rings. The van der Waals surface area contributed by atoms with Gasteiger partial charge >= 0.3 is 0 Å². The van der Waals surface area contributed by atoms with Gasteiger partial charge in [-0.05, 0) is 49.4 Å². The van der Waals surface area contributed by atoms with Crippen LogP contribution in [0, 0.1) is 0 Å². The van der Waals surface area contributed by atoms with Gasteiger partial charge in [0.05, 0.1) is 17.8 Å². The third kappa shape index (κ3) is 4.36. The van der Waals surface area contributed by atoms with E-state index in [0.29, 0.717) is 16.3 Å². The van der Waals surface area contributed by atoms with Crippen LogP contribution in [0.25, 0.3) is 0 Å². The predicted molar refractivity (Wildman–Crippen MR) is 93.9 cm³/mol. The molecular weight excluding hydrogens is 366 g/mol. The number of anilines is 1. The smallest absolute Gasteiger partial charge is 0.187 e. The Labute approximate surface area is 143 Å². The number of allylic oxidation sites excluding steroid dienone is 2. The maximum Gasteiger partial charge on any atom is 0.187 e. The number of ether oxygens (including phenoxy) is 1. The fraction of sp³-hybridized carbons (Fsp3) is 0.118. The standard InChI is InChI=1S/C17H15BrClNO2/c1-11(20-16-8-5-13(18)10-15(16)19)9-17(21)12-3-6-14(22-2)7-4-12/h3-10,20H,1-2H3. The number of carbonyl (C=O) groups excluding carboxylic acids is 1. The number of hydrogen-bond acceptors (Lipinski definition) is 3. The number of nitrogens with one attached hydrogen (secondary N) is 1. The molecule has 2 aromatic rings. The van der Waals surface area contributed by atoms with Crippen LogP contribution in [0.4, 0.5) is 5.69 Å². The maximum absolute atomic E-state index is 12.2. The Kier molecular flexibility index (Phi) is 5.63. The van der Waals surface area contributed by atoms with Gasteiger partial charge in [0.1, 0.15) is 5.75 Å². The van der Waals surface area contributed by atoms with E-state index in [1.165, 1.54) is 0 Å². The predicted octanol–water partition coefficient (Wildman–Crippen LogP) is 5.31. The minimum atomic E-state index is -0.0825. The van der Waals surface area contributed by atoms with Crippen LogP contribution < -0.4 is 10.1 Å². The number of carbonyl (C=O) groups is 1. The molecule has 0 spiro atoms. The Morgan fingerprint density at radius 3 is 2.50 bits per heavy atom. The van der Waals surface area contributed by atoms with Crippen molar-refractivity contribution in [1.29, 1.82) is 0 Å². The highest BCUT2D eigenvalue weighted by Crippen LogP contribution is 2.26. The molecule has 5 heteroatoms. The van der Waals surface area contributed by atoms with Crippen molar-refractivity contribution < 1.29 is 9.53 Å². The topological polar surface area (TPSA) is 38.3 Å². The Morgan fingerprint density at radius 1 is 1.23 bits per heavy atom. The molecule has 1 N–H and O–H groups in total. The molecule has 0 saturated carbocycles. The number of ketones is 1. The van der Waals surface area contributed by atoms with Crippen LogP contribution in [0.2, 0.25) is 5.02 Å². The molecule has 0 heterocycles. The summed E-state index contributed by atoms with van der Waals surface area (Å²) in [4.78, 5) is 12.2. The molecular formula is C17H15BrClNO2. The summed E-state index contributed by atoms with van der Waals surface area (Å²) < 4.78 is 5.98. The molecule has 0 atom stereocenters. The molecule has 0 radical (unpaired) electrons. The molecule has 0 aliphatic rings. The van der Waals surface area contributed by atoms with Gasteiger partial charge in [-0.2, -0.15) is 0 Å². The van der Waals surface area contributed by atoms with Crippen LogP contribution in [-0.4, -0.2) is 12.9 Å². The van der Waals surface area contributed by atoms with E-state index in [-0.39, 0.29) is 5.78 Å². The third-order valence-corrected chi connectivity index (χ3v) is 3.79. The van der Waals surface area contributed by atoms with E-state index in [4.69, 9.17) is 16.3 Å². The largest absolute Gasteiger partial charge is 0.497 e. The van der Waals surface area contributed by atoms with E-state index < -0.39 is 0 Å². The fourth-order valence-electron chi connectivity index (χ4n) is 1.87. The SMILES string of the molecule is COc1ccc(C(=O)C=C(C)Nc2ccc(Br)cc2Cl)cc1. The number of hydrogen-bond donors (Lipinski definition) is 1. The summed E-state index contributed by atoms with van der Waals surface area (Å²) in [6.45, 7) is 1.82. The summed E-state index contributed by atoms with van der Waals surface area (Å²) in [5.41, 5.74) is 2.06. The zero-order chi connectivity index (χ0) is 16.1. The summed E-state index contributed by atoms with van der Waals surface area (Å²) in [6, 6.07) is 12.5. The summed E-state index contributed by atoms with van der Waals surface area (Å²) in [6.07, 6.45) is 1.54. The molecule has 2 aromatic carbocycles. The number of halogens is 2. The van der Waals surface area contributed by atoms with Crippen molar-refractivity contribution in [3.63, 3.8) is 0 Å². The van der Waals surface area contributed by atoms with E-state index >= 15 is 0 Å². The lowest BCUT2D eigenvalue weighted by atomic mass is 10.1. The first-order valence-electron chi connectivity index (χ1n) is 6.58. The normalized spacial score (nSPS) is 11.2. The molecule has 114 valence electrons. The van der Waals surface area contributed by atoms with Crippen LogP contribution in [0.1, 0.15) is 17.3 Å². The lowest BCUT2D eigenvalue weighted by Gasteiger charge is -2.09. The lowest BCUT2D eigenvalue weighted by molar-refractivity contribution is 0.104. The number of methoxy groups -OCH3 is 1. The summed E-state index contributed by atoms with van der Waals surface area (Å²) in [7, 11) is 1.59. The van der Waals surface area contributed by atoms with Crippen LogP contribution >= 0.6 is 27.5 Å². The monoisotopic (exact) mass is 379 g/mol. The van der Waals surface area contributed by atoms with Gasteiger partial charge in [-0.1, -0.05) is 27.5 Å². The molecule has 0 saturated heterocycles. The second-order valence-corrected chi connectivity index (χ2v) is 5.99. The van der Waals surface area contributed by atoms with Gasteiger partial charge < -0.3 is 10.1 Å². The van der Waals surface area contributed by atoms with Crippen molar-refractivity contribution in [1.82, 2.24) is 0 Å². The minimum Gasteiger partial charge on any atom is -0.497 e. The summed E-state index contributed by atoms with van der Waals surface area (Å²) >= 11 is 9.50. The van der Waals surface area contributed by atoms with E-state index in [1.54, 1.807) is 43.5 Å². The lowest BCUT2D eigenvalue weighted by Crippen LogP contribution is -2.02. The summed E-state index contributed by atoms with van der Waals surface area (Å²) in [5, 5.41) is 3.71. The molecule has 2 rings (SSSR count). The maximum atomic E-state index is 12.2. The zero-order valence-corrected chi connectivity index (χ0v) is 14.5. The molecule has 0 amide bonds. The van der Waals surface area contributed by atoms with E-state index in [1.807, 2.05) is 19.1 Å². The van der Waals surface area contributed by atoms with E-state index in [0.717, 1.165) is 15.9 Å². The number of benzene rings is 2. The van der Waals surface area contributed by atoms with E-state index in [9.17, 15) is 4.79 Å². The van der Waals surface area contributed by atoms with Crippen LogP contribution in [0.15, 0.2) is 58.7 Å². The van der Waals surface area contributed by atoms with Gasteiger partial charge in [0, 0.05) is 21.8 Å². The van der Waals surface area contributed by atoms with Crippen molar-refractivity contribution in [2.45, 2.75) is 6.92 Å². The number of rotatable bonds is 5. The van der Waals surface area contributed by atoms with Crippen molar-refractivity contribution >= 4 is 39.0 Å². The first-order valence-corrected chi connectivity index (χ1v) is 7.75. The van der Waals surface area contributed by atoms with Crippen molar-refractivity contribution in [2.24, 2.45) is 0 Å². The first kappa shape index (κ1) is 16.6. The zero-order valence-electron chi connectivity index (χ0n) is 12.2. The molecule has 0 aliphatic carbocycles. The third-order valence-electron chi connectivity index (χ3n) is 2.99. The highest BCUT2D eigenvalue weighted by Gasteiger charge is 2.05. The van der Waals surface area contributed by atoms with E-state index in [2.05, 4.69) is 21.2 Å². The molecule has 22 heavy (non-hydrogen) atoms. The molecule has 0 aliphatic heterocycles. The molecule has 0 bridgehead atoms. The van der Waals surface area contributed by atoms with Crippen molar-refractivity contribution in [3.8, 4) is 5.75 Å². The van der Waals surface area contributed by atoms with Gasteiger partial charge in [-0.3, -0.25) is 4.79 Å². The Morgan fingerprint density at radius 2 is 1.91 bits per heavy atom. The van der Waals surface area contributed by atoms with Gasteiger partial charge in [-0.15, -0.1) is 0 Å². The molecule has 0 aromatic heterocycles. The van der Waals surface area contributed by atoms with Gasteiger partial charge in [0.2, 0.25) is 0 Å². The van der Waals surface area contributed by atoms with Crippen molar-refractivity contribution in [2.75, 3.05) is 12.4 Å². The van der Waals surface area contributed by atoms with Crippen LogP contribution in [0.5, 0.6) is 5.75 Å². The van der Waals surface area contributed by atoms with Gasteiger partial charge in [0.25, 0.3) is 0 Å². The Bertz CT molecular complexity index is 711. The van der Waals surface area contributed by atoms with Gasteiger partial charge in [0.15, 0.2) is 5.78 Å². The quantitative estimate of drug-likeness (QED) is 0.564. The molecule has 3 nitrogen and oxygen atoms in total. The minimum absolute atomic E-state index is 0.0825. The highest BCUT2D eigenvalue weighted by atomic mass is 79.9. The second kappa shape index (κ2) is 7.47. The van der Waals surface area contributed by atoms with Gasteiger partial charge in [-0.25, -0.2) is 0 Å². The summed E-state index contributed by atoms with van der Waals surface area (Å²) in [5.74, 6) is 0.637. The average molecular weight is 381 g/mol. The van der Waals surface area contributed by atoms with Crippen LogP contribution in [-0.2, 0) is 0 Å².